The maximum atomic E-state index is 12.8. The first-order chi connectivity index (χ1) is 16.5. The largest absolute Gasteiger partial charge is 0.480 e. The lowest BCUT2D eigenvalue weighted by atomic mass is 9.79. The second-order valence-corrected chi connectivity index (χ2v) is 9.24. The Morgan fingerprint density at radius 1 is 1.00 bits per heavy atom. The van der Waals surface area contributed by atoms with E-state index in [1.54, 1.807) is 0 Å². The molecule has 1 aliphatic heterocycles. The van der Waals surface area contributed by atoms with Gasteiger partial charge >= 0.3 is 12.1 Å². The molecule has 1 saturated heterocycles. The number of carboxylic acids is 1. The fraction of sp³-hybridized carbons (Fsp3) is 0.423. The number of alkyl carbamates (subject to hydrolysis) is 1. The zero-order valence-corrected chi connectivity index (χ0v) is 18.7. The molecule has 1 saturated carbocycles. The van der Waals surface area contributed by atoms with Gasteiger partial charge in [-0.25, -0.2) is 9.59 Å². The molecule has 34 heavy (non-hydrogen) atoms. The number of hydrogen-bond acceptors (Lipinski definition) is 5. The minimum Gasteiger partial charge on any atom is -0.480 e. The Balaban J connectivity index is 1.19. The van der Waals surface area contributed by atoms with Gasteiger partial charge in [0.2, 0.25) is 5.91 Å². The van der Waals surface area contributed by atoms with Crippen molar-refractivity contribution in [2.75, 3.05) is 19.8 Å². The van der Waals surface area contributed by atoms with Gasteiger partial charge in [-0.2, -0.15) is 0 Å². The van der Waals surface area contributed by atoms with Crippen LogP contribution in [0.5, 0.6) is 0 Å². The summed E-state index contributed by atoms with van der Waals surface area (Å²) in [6.45, 7) is 0.466. The molecule has 2 aromatic carbocycles. The highest BCUT2D eigenvalue weighted by Gasteiger charge is 2.40. The standard InChI is InChI=1S/C26H28N2O6/c29-24(28-23(25(30)31)15-6-5-7-15)21-12-33-14-22(21)27-26(32)34-13-20-18-10-3-1-8-16(18)17-9-2-4-11-19(17)20/h1-4,8-11,15,20-23H,5-7,12-14H2,(H,27,32)(H,28,29)(H,30,31). The lowest BCUT2D eigenvalue weighted by Crippen LogP contribution is -2.53. The average molecular weight is 465 g/mol. The number of carbonyl (C=O) groups is 3. The van der Waals surface area contributed by atoms with Crippen molar-refractivity contribution in [3.8, 4) is 11.1 Å². The van der Waals surface area contributed by atoms with Crippen LogP contribution in [0, 0.1) is 11.8 Å². The molecule has 8 nitrogen and oxygen atoms in total. The van der Waals surface area contributed by atoms with Gasteiger partial charge in [0.25, 0.3) is 0 Å². The van der Waals surface area contributed by atoms with Gasteiger partial charge in [0.15, 0.2) is 0 Å². The molecule has 0 aromatic heterocycles. The predicted molar refractivity (Wildman–Crippen MR) is 123 cm³/mol. The van der Waals surface area contributed by atoms with Crippen LogP contribution in [0.3, 0.4) is 0 Å². The number of nitrogens with one attached hydrogen (secondary N) is 2. The normalized spacial score (nSPS) is 22.2. The number of hydrogen-bond donors (Lipinski definition) is 3. The van der Waals surface area contributed by atoms with Crippen LogP contribution < -0.4 is 10.6 Å². The predicted octanol–water partition coefficient (Wildman–Crippen LogP) is 2.91. The molecule has 3 N–H and O–H groups in total. The summed E-state index contributed by atoms with van der Waals surface area (Å²) < 4.78 is 11.0. The van der Waals surface area contributed by atoms with E-state index in [9.17, 15) is 19.5 Å². The Kier molecular flexibility index (Phi) is 6.24. The van der Waals surface area contributed by atoms with Crippen LogP contribution in [0.15, 0.2) is 48.5 Å². The van der Waals surface area contributed by atoms with Crippen molar-refractivity contribution in [1.29, 1.82) is 0 Å². The van der Waals surface area contributed by atoms with Crippen LogP contribution in [-0.4, -0.2) is 55.0 Å². The fourth-order valence-electron chi connectivity index (χ4n) is 5.16. The molecule has 0 spiro atoms. The van der Waals surface area contributed by atoms with Crippen LogP contribution in [0.25, 0.3) is 11.1 Å². The zero-order chi connectivity index (χ0) is 23.7. The van der Waals surface area contributed by atoms with E-state index in [1.807, 2.05) is 36.4 Å². The number of benzene rings is 2. The molecule has 2 aliphatic carbocycles. The number of aliphatic carboxylic acids is 1. The highest BCUT2D eigenvalue weighted by molar-refractivity contribution is 5.86. The van der Waals surface area contributed by atoms with Gasteiger partial charge in [-0.15, -0.1) is 0 Å². The van der Waals surface area contributed by atoms with Gasteiger partial charge in [0, 0.05) is 5.92 Å². The molecule has 3 aliphatic rings. The Labute approximate surface area is 197 Å². The molecule has 8 heteroatoms. The van der Waals surface area contributed by atoms with Gasteiger partial charge in [0.1, 0.15) is 12.6 Å². The van der Waals surface area contributed by atoms with Crippen LogP contribution >= 0.6 is 0 Å². The van der Waals surface area contributed by atoms with E-state index in [4.69, 9.17) is 9.47 Å². The summed E-state index contributed by atoms with van der Waals surface area (Å²) in [6, 6.07) is 14.7. The van der Waals surface area contributed by atoms with Gasteiger partial charge in [0.05, 0.1) is 25.2 Å². The van der Waals surface area contributed by atoms with Gasteiger partial charge in [-0.3, -0.25) is 4.79 Å². The Morgan fingerprint density at radius 3 is 2.24 bits per heavy atom. The van der Waals surface area contributed by atoms with Gasteiger partial charge in [-0.05, 0) is 41.0 Å². The molecule has 3 unspecified atom stereocenters. The number of ether oxygens (including phenoxy) is 2. The van der Waals surface area contributed by atoms with Crippen molar-refractivity contribution in [2.24, 2.45) is 11.8 Å². The van der Waals surface area contributed by atoms with Crippen LogP contribution in [0.1, 0.15) is 36.3 Å². The molecule has 5 rings (SSSR count). The molecule has 0 radical (unpaired) electrons. The van der Waals surface area contributed by atoms with Gasteiger partial charge in [-0.1, -0.05) is 55.0 Å². The Bertz CT molecular complexity index is 1050. The van der Waals surface area contributed by atoms with Crippen molar-refractivity contribution < 1.29 is 29.0 Å². The minimum atomic E-state index is -1.03. The van der Waals surface area contributed by atoms with Crippen LogP contribution in [-0.2, 0) is 19.1 Å². The first kappa shape index (κ1) is 22.4. The van der Waals surface area contributed by atoms with Crippen molar-refractivity contribution in [3.05, 3.63) is 59.7 Å². The first-order valence-corrected chi connectivity index (χ1v) is 11.8. The van der Waals surface area contributed by atoms with Crippen molar-refractivity contribution >= 4 is 18.0 Å². The second kappa shape index (κ2) is 9.46. The summed E-state index contributed by atoms with van der Waals surface area (Å²) >= 11 is 0. The highest BCUT2D eigenvalue weighted by Crippen LogP contribution is 2.44. The highest BCUT2D eigenvalue weighted by atomic mass is 16.5. The summed E-state index contributed by atoms with van der Waals surface area (Å²) in [4.78, 5) is 37.0. The molecule has 0 bridgehead atoms. The summed E-state index contributed by atoms with van der Waals surface area (Å²) in [5.41, 5.74) is 4.53. The summed E-state index contributed by atoms with van der Waals surface area (Å²) in [5.74, 6) is -2.21. The molecular weight excluding hydrogens is 436 g/mol. The van der Waals surface area contributed by atoms with E-state index < -0.39 is 36.0 Å². The maximum absolute atomic E-state index is 12.8. The summed E-state index contributed by atoms with van der Waals surface area (Å²) in [5, 5.41) is 14.9. The van der Waals surface area contributed by atoms with Crippen LogP contribution in [0.4, 0.5) is 4.79 Å². The Morgan fingerprint density at radius 2 is 1.65 bits per heavy atom. The zero-order valence-electron chi connectivity index (χ0n) is 18.7. The smallest absolute Gasteiger partial charge is 0.407 e. The lowest BCUT2D eigenvalue weighted by molar-refractivity contribution is -0.145. The molecule has 1 heterocycles. The van der Waals surface area contributed by atoms with E-state index in [0.29, 0.717) is 0 Å². The summed E-state index contributed by atoms with van der Waals surface area (Å²) in [6.07, 6.45) is 1.94. The van der Waals surface area contributed by atoms with E-state index in [2.05, 4.69) is 22.8 Å². The molecule has 2 fully saturated rings. The number of carboxylic acid groups (broad SMARTS) is 1. The minimum absolute atomic E-state index is 0.0442. The number of amides is 2. The molecular formula is C26H28N2O6. The van der Waals surface area contributed by atoms with Crippen molar-refractivity contribution in [2.45, 2.75) is 37.3 Å². The quantitative estimate of drug-likeness (QED) is 0.581. The summed E-state index contributed by atoms with van der Waals surface area (Å²) in [7, 11) is 0. The average Bonchev–Trinajstić information content (AvgIpc) is 3.38. The molecule has 3 atom stereocenters. The number of fused-ring (bicyclic) bond motifs is 3. The first-order valence-electron chi connectivity index (χ1n) is 11.8. The number of carbonyl (C=O) groups excluding carboxylic acids is 2. The molecule has 2 amide bonds. The SMILES string of the molecule is O=C(NC1COCC1C(=O)NC(C(=O)O)C1CCC1)OCC1c2ccccc2-c2ccccc21. The van der Waals surface area contributed by atoms with Crippen LogP contribution in [0.2, 0.25) is 0 Å². The van der Waals surface area contributed by atoms with E-state index >= 15 is 0 Å². The maximum Gasteiger partial charge on any atom is 0.407 e. The van der Waals surface area contributed by atoms with E-state index in [-0.39, 0.29) is 31.7 Å². The van der Waals surface area contributed by atoms with E-state index in [0.717, 1.165) is 41.5 Å². The second-order valence-electron chi connectivity index (χ2n) is 9.24. The van der Waals surface area contributed by atoms with E-state index in [1.165, 1.54) is 0 Å². The van der Waals surface area contributed by atoms with Crippen molar-refractivity contribution in [3.63, 3.8) is 0 Å². The molecule has 178 valence electrons. The molecule has 2 aromatic rings. The monoisotopic (exact) mass is 464 g/mol. The van der Waals surface area contributed by atoms with Crippen molar-refractivity contribution in [1.82, 2.24) is 10.6 Å². The lowest BCUT2D eigenvalue weighted by Gasteiger charge is -2.32. The topological polar surface area (TPSA) is 114 Å². The Hall–Kier alpha value is -3.39. The third-order valence-corrected chi connectivity index (χ3v) is 7.25. The van der Waals surface area contributed by atoms with Gasteiger partial charge < -0.3 is 25.2 Å². The third-order valence-electron chi connectivity index (χ3n) is 7.25. The fourth-order valence-corrected chi connectivity index (χ4v) is 5.16. The number of rotatable bonds is 7. The third kappa shape index (κ3) is 4.25.